The van der Waals surface area contributed by atoms with Crippen LogP contribution < -0.4 is 10.8 Å². The van der Waals surface area contributed by atoms with Crippen LogP contribution in [0.5, 0.6) is 0 Å². The summed E-state index contributed by atoms with van der Waals surface area (Å²) in [6.07, 6.45) is 0. The van der Waals surface area contributed by atoms with Gasteiger partial charge in [-0.1, -0.05) is 30.3 Å². The van der Waals surface area contributed by atoms with Gasteiger partial charge in [0.1, 0.15) is 0 Å². The first kappa shape index (κ1) is 14.2. The number of rotatable bonds is 4. The van der Waals surface area contributed by atoms with Crippen LogP contribution in [0.1, 0.15) is 37.9 Å². The lowest BCUT2D eigenvalue weighted by Gasteiger charge is -2.13. The molecule has 0 saturated carbocycles. The van der Waals surface area contributed by atoms with Crippen molar-refractivity contribution in [3.8, 4) is 0 Å². The van der Waals surface area contributed by atoms with E-state index in [2.05, 4.69) is 5.32 Å². The molecule has 2 aromatic rings. The Kier molecular flexibility index (Phi) is 4.49. The minimum atomic E-state index is -0.620. The van der Waals surface area contributed by atoms with Gasteiger partial charge in [-0.3, -0.25) is 14.8 Å². The zero-order valence-corrected chi connectivity index (χ0v) is 11.6. The Morgan fingerprint density at radius 3 is 2.25 bits per heavy atom. The minimum Gasteiger partial charge on any atom is -0.345 e. The summed E-state index contributed by atoms with van der Waals surface area (Å²) in [7, 11) is 0. The molecule has 1 aromatic carbocycles. The molecule has 0 aliphatic rings. The highest BCUT2D eigenvalue weighted by atomic mass is 32.1. The normalized spacial score (nSPS) is 11.7. The van der Waals surface area contributed by atoms with Gasteiger partial charge >= 0.3 is 0 Å². The fourth-order valence-electron chi connectivity index (χ4n) is 1.73. The van der Waals surface area contributed by atoms with E-state index in [0.717, 1.165) is 16.9 Å². The van der Waals surface area contributed by atoms with Crippen LogP contribution in [0.2, 0.25) is 0 Å². The second kappa shape index (κ2) is 6.31. The van der Waals surface area contributed by atoms with Crippen LogP contribution in [0.25, 0.3) is 0 Å². The number of hydrogen-bond donors (Lipinski definition) is 3. The fraction of sp³-hybridized carbons (Fsp3) is 0.143. The topological polar surface area (TPSA) is 78.4 Å². The number of benzene rings is 1. The molecule has 1 unspecified atom stereocenters. The van der Waals surface area contributed by atoms with Gasteiger partial charge in [0, 0.05) is 0 Å². The first-order valence-electron chi connectivity index (χ1n) is 6.02. The molecule has 1 atom stereocenters. The quantitative estimate of drug-likeness (QED) is 0.597. The molecular formula is C14H14N2O3S. The highest BCUT2D eigenvalue weighted by Crippen LogP contribution is 2.18. The highest BCUT2D eigenvalue weighted by Gasteiger charge is 2.15. The number of carbonyl (C=O) groups is 2. The Labute approximate surface area is 120 Å². The number of hydroxylamine groups is 1. The van der Waals surface area contributed by atoms with Crippen molar-refractivity contribution in [1.82, 2.24) is 10.8 Å². The van der Waals surface area contributed by atoms with Crippen molar-refractivity contribution in [2.24, 2.45) is 0 Å². The van der Waals surface area contributed by atoms with Crippen LogP contribution >= 0.6 is 11.3 Å². The van der Waals surface area contributed by atoms with E-state index in [0.29, 0.717) is 4.88 Å². The molecule has 6 heteroatoms. The van der Waals surface area contributed by atoms with Gasteiger partial charge in [0.2, 0.25) is 0 Å². The summed E-state index contributed by atoms with van der Waals surface area (Å²) in [5.74, 6) is -0.867. The van der Waals surface area contributed by atoms with Gasteiger partial charge in [0.05, 0.1) is 15.8 Å². The van der Waals surface area contributed by atoms with Crippen LogP contribution in [0.4, 0.5) is 0 Å². The summed E-state index contributed by atoms with van der Waals surface area (Å²) < 4.78 is 0. The monoisotopic (exact) mass is 290 g/mol. The number of carbonyl (C=O) groups excluding carboxylic acids is 2. The average molecular weight is 290 g/mol. The van der Waals surface area contributed by atoms with E-state index in [-0.39, 0.29) is 16.8 Å². The van der Waals surface area contributed by atoms with E-state index in [1.807, 2.05) is 37.3 Å². The van der Waals surface area contributed by atoms with Crippen molar-refractivity contribution in [1.29, 1.82) is 0 Å². The van der Waals surface area contributed by atoms with E-state index in [1.54, 1.807) is 6.07 Å². The Morgan fingerprint density at radius 2 is 1.65 bits per heavy atom. The third kappa shape index (κ3) is 3.23. The maximum atomic E-state index is 12.1. The number of nitrogens with one attached hydrogen (secondary N) is 2. The van der Waals surface area contributed by atoms with E-state index in [1.165, 1.54) is 11.5 Å². The third-order valence-corrected chi connectivity index (χ3v) is 3.89. The number of thiophene rings is 1. The molecule has 0 aliphatic heterocycles. The summed E-state index contributed by atoms with van der Waals surface area (Å²) in [5, 5.41) is 11.4. The predicted molar refractivity (Wildman–Crippen MR) is 75.9 cm³/mol. The van der Waals surface area contributed by atoms with Gasteiger partial charge in [0.25, 0.3) is 11.8 Å². The van der Waals surface area contributed by atoms with Crippen molar-refractivity contribution in [3.05, 3.63) is 57.8 Å². The van der Waals surface area contributed by atoms with Crippen LogP contribution in [0, 0.1) is 0 Å². The lowest BCUT2D eigenvalue weighted by Crippen LogP contribution is -2.25. The lowest BCUT2D eigenvalue weighted by atomic mass is 10.1. The molecule has 20 heavy (non-hydrogen) atoms. The zero-order valence-electron chi connectivity index (χ0n) is 10.8. The summed E-state index contributed by atoms with van der Waals surface area (Å²) in [6, 6.07) is 12.5. The number of hydrogen-bond acceptors (Lipinski definition) is 4. The lowest BCUT2D eigenvalue weighted by molar-refractivity contribution is 0.0711. The van der Waals surface area contributed by atoms with Crippen molar-refractivity contribution in [2.45, 2.75) is 13.0 Å². The largest absolute Gasteiger partial charge is 0.345 e. The van der Waals surface area contributed by atoms with E-state index < -0.39 is 5.91 Å². The highest BCUT2D eigenvalue weighted by molar-refractivity contribution is 7.15. The molecule has 0 radical (unpaired) electrons. The Morgan fingerprint density at radius 1 is 1.05 bits per heavy atom. The van der Waals surface area contributed by atoms with Crippen LogP contribution in [0.3, 0.4) is 0 Å². The standard InChI is InChI=1S/C14H14N2O3S/c1-9(10-5-3-2-4-6-10)15-13(17)11-7-8-12(20-11)14(18)16-19/h2-9,19H,1H3,(H,15,17)(H,16,18). The smallest absolute Gasteiger partial charge is 0.284 e. The molecule has 3 N–H and O–H groups in total. The van der Waals surface area contributed by atoms with Gasteiger partial charge in [-0.05, 0) is 24.6 Å². The van der Waals surface area contributed by atoms with Gasteiger partial charge in [-0.2, -0.15) is 0 Å². The van der Waals surface area contributed by atoms with Gasteiger partial charge < -0.3 is 5.32 Å². The van der Waals surface area contributed by atoms with E-state index in [4.69, 9.17) is 5.21 Å². The first-order valence-corrected chi connectivity index (χ1v) is 6.83. The van der Waals surface area contributed by atoms with Crippen LogP contribution in [0.15, 0.2) is 42.5 Å². The Bertz CT molecular complexity index is 610. The van der Waals surface area contributed by atoms with Gasteiger partial charge in [0.15, 0.2) is 0 Å². The van der Waals surface area contributed by atoms with Crippen molar-refractivity contribution < 1.29 is 14.8 Å². The summed E-state index contributed by atoms with van der Waals surface area (Å²) in [4.78, 5) is 24.0. The molecule has 2 amide bonds. The van der Waals surface area contributed by atoms with Crippen LogP contribution in [-0.2, 0) is 0 Å². The van der Waals surface area contributed by atoms with Crippen molar-refractivity contribution in [3.63, 3.8) is 0 Å². The van der Waals surface area contributed by atoms with E-state index in [9.17, 15) is 9.59 Å². The minimum absolute atomic E-state index is 0.124. The second-order valence-corrected chi connectivity index (χ2v) is 5.29. The predicted octanol–water partition coefficient (Wildman–Crippen LogP) is 2.36. The molecule has 0 bridgehead atoms. The van der Waals surface area contributed by atoms with Crippen LogP contribution in [-0.4, -0.2) is 17.0 Å². The molecule has 104 valence electrons. The fourth-order valence-corrected chi connectivity index (χ4v) is 2.53. The van der Waals surface area contributed by atoms with E-state index >= 15 is 0 Å². The summed E-state index contributed by atoms with van der Waals surface area (Å²) in [5.41, 5.74) is 2.55. The molecule has 0 fully saturated rings. The second-order valence-electron chi connectivity index (χ2n) is 4.21. The molecule has 0 spiro atoms. The molecule has 1 heterocycles. The van der Waals surface area contributed by atoms with Crippen molar-refractivity contribution >= 4 is 23.2 Å². The molecule has 2 rings (SSSR count). The van der Waals surface area contributed by atoms with Gasteiger partial charge in [-0.15, -0.1) is 11.3 Å². The zero-order chi connectivity index (χ0) is 14.5. The average Bonchev–Trinajstić information content (AvgIpc) is 2.97. The maximum absolute atomic E-state index is 12.1. The molecule has 0 saturated heterocycles. The molecule has 1 aromatic heterocycles. The SMILES string of the molecule is CC(NC(=O)c1ccc(C(=O)NO)s1)c1ccccc1. The maximum Gasteiger partial charge on any atom is 0.284 e. The summed E-state index contributed by atoms with van der Waals surface area (Å²) in [6.45, 7) is 1.89. The first-order chi connectivity index (χ1) is 9.61. The van der Waals surface area contributed by atoms with Gasteiger partial charge in [-0.25, -0.2) is 5.48 Å². The molecule has 5 nitrogen and oxygen atoms in total. The van der Waals surface area contributed by atoms with Crippen molar-refractivity contribution in [2.75, 3.05) is 0 Å². The molecular weight excluding hydrogens is 276 g/mol. The third-order valence-electron chi connectivity index (χ3n) is 2.80. The number of amides is 2. The molecule has 0 aliphatic carbocycles. The summed E-state index contributed by atoms with van der Waals surface area (Å²) >= 11 is 1.03. The Hall–Kier alpha value is -2.18. The Balaban J connectivity index is 2.05.